The molecule has 2 amide bonds. The molecule has 2 aliphatic heterocycles. The summed E-state index contributed by atoms with van der Waals surface area (Å²) in [5.41, 5.74) is 0.104. The number of carbonyl (C=O) groups excluding carboxylic acids is 2. The van der Waals surface area contributed by atoms with Crippen LogP contribution >= 0.6 is 0 Å². The first-order valence-corrected chi connectivity index (χ1v) is 7.76. The number of rotatable bonds is 4. The molecule has 2 fully saturated rings. The Morgan fingerprint density at radius 3 is 3.09 bits per heavy atom. The van der Waals surface area contributed by atoms with E-state index in [-0.39, 0.29) is 30.1 Å². The predicted octanol–water partition coefficient (Wildman–Crippen LogP) is -0.444. The number of likely N-dealkylation sites (tertiary alicyclic amines) is 1. The summed E-state index contributed by atoms with van der Waals surface area (Å²) in [5.74, 6) is -0.217. The highest BCUT2D eigenvalue weighted by atomic mass is 16.6. The number of likely N-dealkylation sites (N-methyl/N-ethyl adjacent to an activating group) is 1. The number of aryl methyl sites for hydroxylation is 1. The van der Waals surface area contributed by atoms with Crippen LogP contribution in [0.3, 0.4) is 0 Å². The summed E-state index contributed by atoms with van der Waals surface area (Å²) in [6.45, 7) is 1.69. The third-order valence-electron chi connectivity index (χ3n) is 4.44. The standard InChI is InChI=1S/C15H22N4O4/c1-16-13(20)9-22-11-7-15(23-8-11)4-6-19(10-15)14(21)12-3-5-18(2)17-12/h3,5,11H,4,6-10H2,1-2H3,(H,16,20)/t11-,15+/m1/s1. The second kappa shape index (κ2) is 6.29. The summed E-state index contributed by atoms with van der Waals surface area (Å²) >= 11 is 0. The van der Waals surface area contributed by atoms with E-state index in [9.17, 15) is 9.59 Å². The molecule has 0 aromatic carbocycles. The van der Waals surface area contributed by atoms with Gasteiger partial charge in [-0.1, -0.05) is 0 Å². The Bertz CT molecular complexity index is 602. The maximum absolute atomic E-state index is 12.4. The second-order valence-electron chi connectivity index (χ2n) is 6.16. The van der Waals surface area contributed by atoms with Gasteiger partial charge in [0.15, 0.2) is 0 Å². The SMILES string of the molecule is CNC(=O)CO[C@H]1CO[C@@]2(CCN(C(=O)c3ccn(C)n3)C2)C1. The van der Waals surface area contributed by atoms with Gasteiger partial charge in [-0.2, -0.15) is 5.10 Å². The largest absolute Gasteiger partial charge is 0.370 e. The van der Waals surface area contributed by atoms with Crippen molar-refractivity contribution in [3.8, 4) is 0 Å². The number of hydrogen-bond donors (Lipinski definition) is 1. The Hall–Kier alpha value is -1.93. The molecule has 8 heteroatoms. The molecule has 0 bridgehead atoms. The van der Waals surface area contributed by atoms with Gasteiger partial charge in [-0.05, 0) is 12.5 Å². The van der Waals surface area contributed by atoms with Crippen LogP contribution in [0.15, 0.2) is 12.3 Å². The molecule has 8 nitrogen and oxygen atoms in total. The molecule has 3 rings (SSSR count). The molecule has 126 valence electrons. The molecule has 2 atom stereocenters. The summed E-state index contributed by atoms with van der Waals surface area (Å²) in [4.78, 5) is 25.5. The van der Waals surface area contributed by atoms with E-state index >= 15 is 0 Å². The van der Waals surface area contributed by atoms with Crippen molar-refractivity contribution in [1.29, 1.82) is 0 Å². The number of nitrogens with one attached hydrogen (secondary N) is 1. The minimum atomic E-state index is -0.349. The summed E-state index contributed by atoms with van der Waals surface area (Å²) < 4.78 is 13.1. The molecule has 0 saturated carbocycles. The topological polar surface area (TPSA) is 85.7 Å². The van der Waals surface area contributed by atoms with Gasteiger partial charge < -0.3 is 19.7 Å². The summed E-state index contributed by atoms with van der Waals surface area (Å²) in [6.07, 6.45) is 3.15. The lowest BCUT2D eigenvalue weighted by Gasteiger charge is -2.23. The van der Waals surface area contributed by atoms with Gasteiger partial charge in [0.25, 0.3) is 5.91 Å². The third kappa shape index (κ3) is 3.37. The van der Waals surface area contributed by atoms with E-state index in [1.54, 1.807) is 35.9 Å². The third-order valence-corrected chi connectivity index (χ3v) is 4.44. The van der Waals surface area contributed by atoms with Crippen LogP contribution in [0.1, 0.15) is 23.3 Å². The van der Waals surface area contributed by atoms with Crippen molar-refractivity contribution in [2.75, 3.05) is 33.4 Å². The van der Waals surface area contributed by atoms with Crippen LogP contribution in [0.2, 0.25) is 0 Å². The minimum Gasteiger partial charge on any atom is -0.370 e. The van der Waals surface area contributed by atoms with Crippen LogP contribution in [0.5, 0.6) is 0 Å². The Balaban J connectivity index is 1.55. The van der Waals surface area contributed by atoms with Crippen LogP contribution in [-0.2, 0) is 21.3 Å². The van der Waals surface area contributed by atoms with Crippen LogP contribution in [-0.4, -0.2) is 71.6 Å². The lowest BCUT2D eigenvalue weighted by molar-refractivity contribution is -0.127. The van der Waals surface area contributed by atoms with Gasteiger partial charge in [0.1, 0.15) is 12.3 Å². The van der Waals surface area contributed by atoms with Gasteiger partial charge in [-0.15, -0.1) is 0 Å². The Labute approximate surface area is 134 Å². The van der Waals surface area contributed by atoms with E-state index in [0.717, 1.165) is 6.42 Å². The molecule has 23 heavy (non-hydrogen) atoms. The average Bonchev–Trinajstić information content (AvgIpc) is 3.26. The van der Waals surface area contributed by atoms with E-state index < -0.39 is 0 Å². The van der Waals surface area contributed by atoms with Gasteiger partial charge in [0, 0.05) is 33.3 Å². The number of carbonyl (C=O) groups is 2. The van der Waals surface area contributed by atoms with Crippen molar-refractivity contribution >= 4 is 11.8 Å². The molecular formula is C15H22N4O4. The van der Waals surface area contributed by atoms with Crippen molar-refractivity contribution in [3.63, 3.8) is 0 Å². The van der Waals surface area contributed by atoms with E-state index in [1.165, 1.54) is 0 Å². The Morgan fingerprint density at radius 1 is 1.57 bits per heavy atom. The smallest absolute Gasteiger partial charge is 0.274 e. The molecule has 1 aromatic rings. The summed E-state index contributed by atoms with van der Waals surface area (Å²) in [6, 6.07) is 1.72. The van der Waals surface area contributed by atoms with Gasteiger partial charge in [-0.3, -0.25) is 14.3 Å². The molecule has 1 spiro atoms. The first-order valence-electron chi connectivity index (χ1n) is 7.76. The molecule has 1 aromatic heterocycles. The van der Waals surface area contributed by atoms with E-state index in [2.05, 4.69) is 10.4 Å². The number of ether oxygens (including phenoxy) is 2. The van der Waals surface area contributed by atoms with Gasteiger partial charge in [-0.25, -0.2) is 0 Å². The molecule has 0 radical (unpaired) electrons. The van der Waals surface area contributed by atoms with E-state index in [0.29, 0.717) is 31.8 Å². The Morgan fingerprint density at radius 2 is 2.39 bits per heavy atom. The van der Waals surface area contributed by atoms with Gasteiger partial charge >= 0.3 is 0 Å². The van der Waals surface area contributed by atoms with Crippen molar-refractivity contribution in [2.24, 2.45) is 7.05 Å². The van der Waals surface area contributed by atoms with Crippen LogP contribution < -0.4 is 5.32 Å². The van der Waals surface area contributed by atoms with Crippen molar-refractivity contribution in [1.82, 2.24) is 20.0 Å². The number of nitrogens with zero attached hydrogens (tertiary/aromatic N) is 3. The van der Waals surface area contributed by atoms with Crippen LogP contribution in [0.4, 0.5) is 0 Å². The molecule has 0 unspecified atom stereocenters. The van der Waals surface area contributed by atoms with Crippen LogP contribution in [0.25, 0.3) is 0 Å². The molecule has 3 heterocycles. The zero-order valence-electron chi connectivity index (χ0n) is 13.4. The average molecular weight is 322 g/mol. The van der Waals surface area contributed by atoms with Crippen molar-refractivity contribution in [2.45, 2.75) is 24.5 Å². The minimum absolute atomic E-state index is 0.0389. The van der Waals surface area contributed by atoms with Crippen molar-refractivity contribution in [3.05, 3.63) is 18.0 Å². The Kier molecular flexibility index (Phi) is 4.36. The first-order chi connectivity index (χ1) is 11.0. The molecular weight excluding hydrogens is 300 g/mol. The fourth-order valence-corrected chi connectivity index (χ4v) is 3.17. The molecule has 2 saturated heterocycles. The highest BCUT2D eigenvalue weighted by molar-refractivity contribution is 5.92. The maximum atomic E-state index is 12.4. The van der Waals surface area contributed by atoms with Crippen molar-refractivity contribution < 1.29 is 19.1 Å². The summed E-state index contributed by atoms with van der Waals surface area (Å²) in [7, 11) is 3.37. The fourth-order valence-electron chi connectivity index (χ4n) is 3.17. The number of aromatic nitrogens is 2. The molecule has 0 aliphatic carbocycles. The highest BCUT2D eigenvalue weighted by Crippen LogP contribution is 2.36. The van der Waals surface area contributed by atoms with Crippen LogP contribution in [0, 0.1) is 0 Å². The second-order valence-corrected chi connectivity index (χ2v) is 6.16. The molecule has 2 aliphatic rings. The molecule has 1 N–H and O–H groups in total. The lowest BCUT2D eigenvalue weighted by atomic mass is 9.98. The zero-order valence-corrected chi connectivity index (χ0v) is 13.4. The zero-order chi connectivity index (χ0) is 16.4. The van der Waals surface area contributed by atoms with E-state index in [1.807, 2.05) is 0 Å². The first kappa shape index (κ1) is 15.9. The predicted molar refractivity (Wildman–Crippen MR) is 80.8 cm³/mol. The maximum Gasteiger partial charge on any atom is 0.274 e. The lowest BCUT2D eigenvalue weighted by Crippen LogP contribution is -2.36. The number of amides is 2. The number of hydrogen-bond acceptors (Lipinski definition) is 5. The fraction of sp³-hybridized carbons (Fsp3) is 0.667. The quantitative estimate of drug-likeness (QED) is 0.812. The highest BCUT2D eigenvalue weighted by Gasteiger charge is 2.47. The van der Waals surface area contributed by atoms with Gasteiger partial charge in [0.2, 0.25) is 5.91 Å². The van der Waals surface area contributed by atoms with Gasteiger partial charge in [0.05, 0.1) is 24.9 Å². The summed E-state index contributed by atoms with van der Waals surface area (Å²) in [5, 5.41) is 6.68. The monoisotopic (exact) mass is 322 g/mol. The van der Waals surface area contributed by atoms with E-state index in [4.69, 9.17) is 9.47 Å². The normalized spacial score (nSPS) is 26.9.